The smallest absolute Gasteiger partial charge is 0.213 e. The molecule has 1 aliphatic rings. The molecule has 0 spiro atoms. The van der Waals surface area contributed by atoms with Crippen molar-refractivity contribution in [3.05, 3.63) is 28.2 Å². The Hall–Kier alpha value is -0.770. The molecule has 2 nitrogen and oxygen atoms in total. The van der Waals surface area contributed by atoms with E-state index < -0.39 is 5.95 Å². The molecule has 68 valence electrons. The quantitative estimate of drug-likeness (QED) is 0.591. The van der Waals surface area contributed by atoms with Crippen LogP contribution >= 0.6 is 15.9 Å². The van der Waals surface area contributed by atoms with Crippen LogP contribution in [0.3, 0.4) is 0 Å². The van der Waals surface area contributed by atoms with Gasteiger partial charge < -0.3 is 0 Å². The summed E-state index contributed by atoms with van der Waals surface area (Å²) in [6.07, 6.45) is 3.18. The summed E-state index contributed by atoms with van der Waals surface area (Å²) < 4.78 is 13.3. The Bertz CT molecular complexity index is 363. The molecule has 0 bridgehead atoms. The van der Waals surface area contributed by atoms with Crippen molar-refractivity contribution in [1.29, 1.82) is 0 Å². The van der Waals surface area contributed by atoms with Gasteiger partial charge in [-0.05, 0) is 28.8 Å². The van der Waals surface area contributed by atoms with E-state index in [-0.39, 0.29) is 11.7 Å². The van der Waals surface area contributed by atoms with E-state index in [1.54, 1.807) is 0 Å². The number of Topliss-reactive ketones (excluding diaryl/α,β-unsaturated/α-hetero) is 1. The summed E-state index contributed by atoms with van der Waals surface area (Å²) in [7, 11) is 0. The molecule has 1 aromatic heterocycles. The van der Waals surface area contributed by atoms with Gasteiger partial charge in [-0.2, -0.15) is 4.39 Å². The van der Waals surface area contributed by atoms with Crippen LogP contribution in [0, 0.1) is 11.9 Å². The summed E-state index contributed by atoms with van der Waals surface area (Å²) in [6.45, 7) is 0. The first kappa shape index (κ1) is 8.81. The second kappa shape index (κ2) is 3.18. The zero-order valence-corrected chi connectivity index (χ0v) is 8.34. The molecule has 0 radical (unpaired) electrons. The Morgan fingerprint density at radius 3 is 2.92 bits per heavy atom. The molecule has 1 aromatic rings. The largest absolute Gasteiger partial charge is 0.294 e. The van der Waals surface area contributed by atoms with E-state index >= 15 is 0 Å². The third kappa shape index (κ3) is 1.77. The topological polar surface area (TPSA) is 30.0 Å². The van der Waals surface area contributed by atoms with Gasteiger partial charge in [0.25, 0.3) is 0 Å². The highest BCUT2D eigenvalue weighted by atomic mass is 79.9. The van der Waals surface area contributed by atoms with Gasteiger partial charge in [0.2, 0.25) is 5.95 Å². The van der Waals surface area contributed by atoms with E-state index in [0.29, 0.717) is 10.0 Å². The van der Waals surface area contributed by atoms with Crippen molar-refractivity contribution in [2.45, 2.75) is 12.8 Å². The molecule has 0 aliphatic heterocycles. The summed E-state index contributed by atoms with van der Waals surface area (Å²) >= 11 is 3.18. The van der Waals surface area contributed by atoms with E-state index in [0.717, 1.165) is 12.8 Å². The minimum absolute atomic E-state index is 0.0215. The van der Waals surface area contributed by atoms with Crippen molar-refractivity contribution in [3.63, 3.8) is 0 Å². The number of carbonyl (C=O) groups excluding carboxylic acids is 1. The first-order chi connectivity index (χ1) is 6.18. The lowest BCUT2D eigenvalue weighted by Gasteiger charge is -2.00. The molecule has 1 fully saturated rings. The minimum Gasteiger partial charge on any atom is -0.294 e. The van der Waals surface area contributed by atoms with Crippen LogP contribution in [0.15, 0.2) is 16.7 Å². The van der Waals surface area contributed by atoms with Crippen LogP contribution in [-0.4, -0.2) is 10.8 Å². The Labute approximate surface area is 83.3 Å². The number of hydrogen-bond acceptors (Lipinski definition) is 2. The molecular weight excluding hydrogens is 237 g/mol. The minimum atomic E-state index is -0.604. The third-order valence-corrected chi connectivity index (χ3v) is 2.67. The van der Waals surface area contributed by atoms with Crippen LogP contribution in [0.25, 0.3) is 0 Å². The number of halogens is 2. The Kier molecular flexibility index (Phi) is 2.15. The average Bonchev–Trinajstić information content (AvgIpc) is 2.91. The third-order valence-electron chi connectivity index (χ3n) is 2.04. The first-order valence-corrected chi connectivity index (χ1v) is 4.83. The van der Waals surface area contributed by atoms with Gasteiger partial charge in [0.05, 0.1) is 0 Å². The number of aromatic nitrogens is 1. The maximum Gasteiger partial charge on any atom is 0.213 e. The second-order valence-corrected chi connectivity index (χ2v) is 3.98. The van der Waals surface area contributed by atoms with Gasteiger partial charge in [0.15, 0.2) is 5.78 Å². The second-order valence-electron chi connectivity index (χ2n) is 3.13. The highest BCUT2D eigenvalue weighted by molar-refractivity contribution is 9.10. The fourth-order valence-electron chi connectivity index (χ4n) is 1.17. The predicted molar refractivity (Wildman–Crippen MR) is 48.9 cm³/mol. The summed E-state index contributed by atoms with van der Waals surface area (Å²) in [5.41, 5.74) is 0.412. The SMILES string of the molecule is O=C(c1cc(F)ncc1Br)C1CC1. The van der Waals surface area contributed by atoms with Crippen LogP contribution in [0.2, 0.25) is 0 Å². The number of ketones is 1. The molecule has 4 heteroatoms. The van der Waals surface area contributed by atoms with Crippen molar-refractivity contribution in [1.82, 2.24) is 4.98 Å². The lowest BCUT2D eigenvalue weighted by molar-refractivity contribution is 0.0966. The van der Waals surface area contributed by atoms with Crippen LogP contribution < -0.4 is 0 Å². The standard InChI is InChI=1S/C9H7BrFNO/c10-7-4-12-8(11)3-6(7)9(13)5-1-2-5/h3-5H,1-2H2. The molecule has 0 amide bonds. The lowest BCUT2D eigenvalue weighted by atomic mass is 10.1. The molecule has 0 atom stereocenters. The number of pyridine rings is 1. The van der Waals surface area contributed by atoms with Gasteiger partial charge >= 0.3 is 0 Å². The molecule has 0 unspecified atom stereocenters. The van der Waals surface area contributed by atoms with E-state index in [9.17, 15) is 9.18 Å². The zero-order valence-electron chi connectivity index (χ0n) is 6.76. The predicted octanol–water partition coefficient (Wildman–Crippen LogP) is 2.58. The molecular formula is C9H7BrFNO. The number of carbonyl (C=O) groups is 1. The molecule has 1 heterocycles. The Balaban J connectivity index is 2.37. The summed E-state index contributed by atoms with van der Waals surface area (Å²) in [5, 5.41) is 0. The number of rotatable bonds is 2. The molecule has 0 aromatic carbocycles. The normalized spacial score (nSPS) is 15.8. The van der Waals surface area contributed by atoms with Gasteiger partial charge in [-0.3, -0.25) is 4.79 Å². The Morgan fingerprint density at radius 2 is 2.31 bits per heavy atom. The highest BCUT2D eigenvalue weighted by Gasteiger charge is 2.31. The van der Waals surface area contributed by atoms with Crippen LogP contribution in [0.5, 0.6) is 0 Å². The fraction of sp³-hybridized carbons (Fsp3) is 0.333. The van der Waals surface area contributed by atoms with Crippen molar-refractivity contribution in [3.8, 4) is 0 Å². The van der Waals surface area contributed by atoms with E-state index in [1.165, 1.54) is 12.3 Å². The first-order valence-electron chi connectivity index (χ1n) is 4.04. The molecule has 1 saturated carbocycles. The molecule has 1 aliphatic carbocycles. The van der Waals surface area contributed by atoms with Gasteiger partial charge in [-0.15, -0.1) is 0 Å². The van der Waals surface area contributed by atoms with Gasteiger partial charge in [0.1, 0.15) is 0 Å². The van der Waals surface area contributed by atoms with E-state index in [2.05, 4.69) is 20.9 Å². The van der Waals surface area contributed by atoms with E-state index in [4.69, 9.17) is 0 Å². The van der Waals surface area contributed by atoms with Gasteiger partial charge in [0, 0.05) is 28.2 Å². The van der Waals surface area contributed by atoms with Crippen molar-refractivity contribution in [2.24, 2.45) is 5.92 Å². The number of hydrogen-bond donors (Lipinski definition) is 0. The molecule has 0 saturated heterocycles. The van der Waals surface area contributed by atoms with Crippen LogP contribution in [-0.2, 0) is 0 Å². The molecule has 2 rings (SSSR count). The Morgan fingerprint density at radius 1 is 1.62 bits per heavy atom. The van der Waals surface area contributed by atoms with Crippen LogP contribution in [0.4, 0.5) is 4.39 Å². The van der Waals surface area contributed by atoms with Crippen molar-refractivity contribution >= 4 is 21.7 Å². The van der Waals surface area contributed by atoms with Crippen molar-refractivity contribution < 1.29 is 9.18 Å². The van der Waals surface area contributed by atoms with Crippen molar-refractivity contribution in [2.75, 3.05) is 0 Å². The maximum absolute atomic E-state index is 12.7. The highest BCUT2D eigenvalue weighted by Crippen LogP contribution is 2.34. The molecule has 0 N–H and O–H groups in total. The fourth-order valence-corrected chi connectivity index (χ4v) is 1.58. The lowest BCUT2D eigenvalue weighted by Crippen LogP contribution is -2.03. The monoisotopic (exact) mass is 243 g/mol. The molecule has 13 heavy (non-hydrogen) atoms. The average molecular weight is 244 g/mol. The summed E-state index contributed by atoms with van der Waals surface area (Å²) in [5.74, 6) is -0.474. The summed E-state index contributed by atoms with van der Waals surface area (Å²) in [4.78, 5) is 15.0. The summed E-state index contributed by atoms with van der Waals surface area (Å²) in [6, 6.07) is 1.19. The van der Waals surface area contributed by atoms with E-state index in [1.807, 2.05) is 0 Å². The zero-order chi connectivity index (χ0) is 9.42. The van der Waals surface area contributed by atoms with Crippen LogP contribution in [0.1, 0.15) is 23.2 Å². The van der Waals surface area contributed by atoms with Gasteiger partial charge in [-0.25, -0.2) is 4.98 Å². The maximum atomic E-state index is 12.7. The van der Waals surface area contributed by atoms with Gasteiger partial charge in [-0.1, -0.05) is 0 Å². The number of nitrogens with zero attached hydrogens (tertiary/aromatic N) is 1.